The van der Waals surface area contributed by atoms with Gasteiger partial charge < -0.3 is 19.1 Å². The van der Waals surface area contributed by atoms with E-state index >= 15 is 22.0 Å². The molecule has 0 atom stereocenters. The average Bonchev–Trinajstić information content (AvgIpc) is 1.81. The number of benzene rings is 9. The molecule has 2 aromatic heterocycles. The predicted octanol–water partition coefficient (Wildman–Crippen LogP) is 21.4. The summed E-state index contributed by atoms with van der Waals surface area (Å²) >= 11 is 0. The number of hydrogen-bond donors (Lipinski definition) is 0. The summed E-state index contributed by atoms with van der Waals surface area (Å²) in [5.74, 6) is -8.67. The minimum Gasteiger partial charge on any atom is -0.509 e. The van der Waals surface area contributed by atoms with Gasteiger partial charge in [-0.3, -0.25) is 0 Å². The minimum atomic E-state index is -2.24. The molecule has 0 saturated heterocycles. The molecule has 0 radical (unpaired) electrons. The van der Waals surface area contributed by atoms with Gasteiger partial charge in [0.25, 0.3) is 0 Å². The topological polar surface area (TPSA) is 33.5 Å². The van der Waals surface area contributed by atoms with Crippen LogP contribution in [-0.2, 0) is 50.2 Å². The number of hydrogen-bond acceptors (Lipinski definition) is 4. The van der Waals surface area contributed by atoms with Gasteiger partial charge in [0.1, 0.15) is 5.82 Å². The third-order valence-corrected chi connectivity index (χ3v) is 16.5. The van der Waals surface area contributed by atoms with E-state index in [4.69, 9.17) is 9.72 Å². The second kappa shape index (κ2) is 23.1. The Kier molecular flexibility index (Phi) is 16.0. The molecule has 444 valence electrons. The van der Waals surface area contributed by atoms with Crippen LogP contribution in [0.25, 0.3) is 72.1 Å². The maximum atomic E-state index is 17.0. The van der Waals surface area contributed by atoms with Crippen molar-refractivity contribution in [2.75, 3.05) is 9.80 Å². The largest absolute Gasteiger partial charge is 0.509 e. The fourth-order valence-electron chi connectivity index (χ4n) is 11.8. The summed E-state index contributed by atoms with van der Waals surface area (Å²) in [7, 11) is 0. The molecule has 11 aromatic rings. The molecular formula is C76H66F5N4OPt-3. The molecule has 0 saturated carbocycles. The summed E-state index contributed by atoms with van der Waals surface area (Å²) in [5, 5.41) is 2.02. The van der Waals surface area contributed by atoms with Crippen LogP contribution in [-0.4, -0.2) is 9.55 Å². The van der Waals surface area contributed by atoms with E-state index in [-0.39, 0.29) is 48.6 Å². The van der Waals surface area contributed by atoms with Crippen LogP contribution in [0.15, 0.2) is 170 Å². The van der Waals surface area contributed by atoms with Crippen LogP contribution in [0.4, 0.5) is 44.7 Å². The number of halogens is 5. The molecule has 0 bridgehead atoms. The Bertz CT molecular complexity index is 4390. The van der Waals surface area contributed by atoms with Crippen molar-refractivity contribution in [3.8, 4) is 61.8 Å². The molecule has 12 rings (SSSR count). The number of ether oxygens (including phenoxy) is 1. The quantitative estimate of drug-likeness (QED) is 0.0559. The molecule has 0 fully saturated rings. The number of para-hydroxylation sites is 3. The van der Waals surface area contributed by atoms with Crippen LogP contribution in [0.1, 0.15) is 104 Å². The number of fused-ring (bicyclic) bond motifs is 4. The second-order valence-electron chi connectivity index (χ2n) is 25.3. The first-order valence-corrected chi connectivity index (χ1v) is 29.2. The van der Waals surface area contributed by atoms with E-state index in [0.717, 1.165) is 79.4 Å². The van der Waals surface area contributed by atoms with Crippen molar-refractivity contribution in [1.29, 1.82) is 0 Å². The molecule has 1 aliphatic heterocycles. The first-order chi connectivity index (χ1) is 41.0. The Balaban J connectivity index is 0.00000784. The molecule has 9 aromatic carbocycles. The van der Waals surface area contributed by atoms with Crippen molar-refractivity contribution >= 4 is 44.6 Å². The minimum absolute atomic E-state index is 0. The van der Waals surface area contributed by atoms with E-state index in [2.05, 4.69) is 154 Å². The van der Waals surface area contributed by atoms with Crippen LogP contribution < -0.4 is 14.5 Å². The number of pyridine rings is 1. The summed E-state index contributed by atoms with van der Waals surface area (Å²) in [4.78, 5) is 8.64. The molecular weight excluding hydrogens is 1270 g/mol. The maximum Gasteiger partial charge on any atom is 0.200 e. The maximum absolute atomic E-state index is 17.0. The fourth-order valence-corrected chi connectivity index (χ4v) is 11.8. The van der Waals surface area contributed by atoms with Gasteiger partial charge in [-0.1, -0.05) is 179 Å². The Morgan fingerprint density at radius 3 is 1.69 bits per heavy atom. The van der Waals surface area contributed by atoms with Gasteiger partial charge in [-0.15, -0.1) is 53.6 Å². The summed E-state index contributed by atoms with van der Waals surface area (Å²) in [6.07, 6.45) is 3.34. The molecule has 87 heavy (non-hydrogen) atoms. The van der Waals surface area contributed by atoms with E-state index in [1.807, 2.05) is 108 Å². The van der Waals surface area contributed by atoms with Gasteiger partial charge in [-0.25, -0.2) is 26.9 Å². The Labute approximate surface area is 521 Å². The molecule has 0 amide bonds. The van der Waals surface area contributed by atoms with Gasteiger partial charge in [0.2, 0.25) is 5.82 Å². The van der Waals surface area contributed by atoms with Gasteiger partial charge in [0.15, 0.2) is 23.3 Å². The Morgan fingerprint density at radius 2 is 1.06 bits per heavy atom. The zero-order valence-corrected chi connectivity index (χ0v) is 52.8. The Morgan fingerprint density at radius 1 is 0.471 bits per heavy atom. The Hall–Kier alpha value is -8.33. The average molecular weight is 1340 g/mol. The third-order valence-electron chi connectivity index (χ3n) is 16.5. The SMILES string of the molecule is CCc1cccc(CC)c1-c1cc(Oc2[c-]c3c(cc2)c2ccccc2n3-c2cc(C(C)(C)C)ccn2)[c-]c(N2[CH-]N(c3c(-c4cc(C(C)(C)C)cc(C(C)(C)C)c4)cc(-c4ccccc4)cc3-c3c(F)c(F)c(F)c(F)c3F)c3ccccc32)c1.[Pt]. The van der Waals surface area contributed by atoms with Gasteiger partial charge in [-0.2, -0.15) is 6.07 Å². The molecule has 5 nitrogen and oxygen atoms in total. The molecule has 0 N–H and O–H groups in total. The molecule has 0 unspecified atom stereocenters. The number of anilines is 4. The predicted molar refractivity (Wildman–Crippen MR) is 341 cm³/mol. The molecule has 0 spiro atoms. The number of rotatable bonds is 11. The normalized spacial score (nSPS) is 12.7. The smallest absolute Gasteiger partial charge is 0.200 e. The van der Waals surface area contributed by atoms with Crippen molar-refractivity contribution < 1.29 is 47.8 Å². The monoisotopic (exact) mass is 1340 g/mol. The summed E-state index contributed by atoms with van der Waals surface area (Å²) in [6, 6.07) is 60.6. The van der Waals surface area contributed by atoms with Crippen LogP contribution in [0, 0.1) is 47.9 Å². The van der Waals surface area contributed by atoms with Gasteiger partial charge in [-0.05, 0) is 127 Å². The van der Waals surface area contributed by atoms with Crippen LogP contribution in [0.5, 0.6) is 11.5 Å². The van der Waals surface area contributed by atoms with E-state index in [9.17, 15) is 0 Å². The van der Waals surface area contributed by atoms with Gasteiger partial charge in [0, 0.05) is 72.5 Å². The zero-order valence-electron chi connectivity index (χ0n) is 50.6. The van der Waals surface area contributed by atoms with E-state index < -0.39 is 34.6 Å². The van der Waals surface area contributed by atoms with Crippen molar-refractivity contribution in [2.45, 2.75) is 105 Å². The van der Waals surface area contributed by atoms with Crippen molar-refractivity contribution in [3.63, 3.8) is 0 Å². The summed E-state index contributed by atoms with van der Waals surface area (Å²) in [5.41, 5.74) is 11.2. The first-order valence-electron chi connectivity index (χ1n) is 29.2. The second-order valence-corrected chi connectivity index (χ2v) is 25.3. The standard InChI is InChI=1S/C76H66F5N4O.Pt/c1-12-45-24-21-25-46(13-2)66(45)50-36-54(42-56(37-50)86-55-30-31-58-57-26-17-18-27-61(57)85(64(58)43-55)65-41-51(32-33-82-65)74(3,4)5)83-44-84(63-29-20-19-28-62(63)83)73-59(49-34-52(75(6,7)8)40-53(35-49)76(9,10)11)38-48(47-22-15-14-16-23-47)39-60(73)67-68(77)70(79)72(81)71(80)69(67)78;/h14-41,44H,12-13H2,1-11H3;/q-3;. The number of aryl methyl sites for hydroxylation is 2. The van der Waals surface area contributed by atoms with Crippen LogP contribution >= 0.6 is 0 Å². The van der Waals surface area contributed by atoms with E-state index in [0.29, 0.717) is 50.8 Å². The van der Waals surface area contributed by atoms with E-state index in [1.165, 1.54) is 6.07 Å². The summed E-state index contributed by atoms with van der Waals surface area (Å²) < 4.78 is 90.1. The summed E-state index contributed by atoms with van der Waals surface area (Å²) in [6.45, 7) is 25.3. The van der Waals surface area contributed by atoms with E-state index in [1.54, 1.807) is 11.6 Å². The third kappa shape index (κ3) is 11.0. The van der Waals surface area contributed by atoms with Crippen LogP contribution in [0.2, 0.25) is 0 Å². The molecule has 1 aliphatic rings. The number of aromatic nitrogens is 2. The fraction of sp³-hybridized carbons (Fsp3) is 0.211. The van der Waals surface area contributed by atoms with Crippen molar-refractivity contribution in [3.05, 3.63) is 246 Å². The van der Waals surface area contributed by atoms with Crippen molar-refractivity contribution in [2.24, 2.45) is 0 Å². The molecule has 11 heteroatoms. The van der Waals surface area contributed by atoms with Gasteiger partial charge in [0.05, 0.1) is 5.56 Å². The number of nitrogens with zero attached hydrogens (tertiary/aromatic N) is 4. The zero-order chi connectivity index (χ0) is 60.7. The first kappa shape index (κ1) is 60.4. The van der Waals surface area contributed by atoms with Crippen LogP contribution in [0.3, 0.4) is 0 Å². The molecule has 0 aliphatic carbocycles. The van der Waals surface area contributed by atoms with Gasteiger partial charge >= 0.3 is 0 Å². The molecule has 3 heterocycles. The van der Waals surface area contributed by atoms with Crippen molar-refractivity contribution in [1.82, 2.24) is 9.55 Å².